The molecule has 1 heterocycles. The van der Waals surface area contributed by atoms with Gasteiger partial charge in [0.15, 0.2) is 11.5 Å². The average Bonchev–Trinajstić information content (AvgIpc) is 3.03. The van der Waals surface area contributed by atoms with Gasteiger partial charge in [0, 0.05) is 24.7 Å². The Bertz CT molecular complexity index is 731. The number of rotatable bonds is 6. The van der Waals surface area contributed by atoms with E-state index in [0.29, 0.717) is 30.2 Å². The summed E-state index contributed by atoms with van der Waals surface area (Å²) < 4.78 is 10.5. The standard InChI is InChI=1S/C18H18N2O4/c21-17(20-14-6-7-15-16(11-14)24-12-23-15)8-9-19-18(22)10-13-4-2-1-3-5-13/h1-7,11H,8-10,12H2,(H,19,22)(H,20,21). The van der Waals surface area contributed by atoms with Gasteiger partial charge in [-0.15, -0.1) is 0 Å². The lowest BCUT2D eigenvalue weighted by Gasteiger charge is -2.07. The highest BCUT2D eigenvalue weighted by atomic mass is 16.7. The van der Waals surface area contributed by atoms with Gasteiger partial charge in [0.25, 0.3) is 0 Å². The molecular weight excluding hydrogens is 308 g/mol. The van der Waals surface area contributed by atoms with Gasteiger partial charge in [-0.05, 0) is 17.7 Å². The fourth-order valence-corrected chi connectivity index (χ4v) is 2.36. The van der Waals surface area contributed by atoms with Gasteiger partial charge in [0.2, 0.25) is 18.6 Å². The van der Waals surface area contributed by atoms with Crippen LogP contribution in [0.2, 0.25) is 0 Å². The smallest absolute Gasteiger partial charge is 0.231 e. The molecule has 0 saturated carbocycles. The van der Waals surface area contributed by atoms with Crippen molar-refractivity contribution in [2.45, 2.75) is 12.8 Å². The molecule has 0 saturated heterocycles. The topological polar surface area (TPSA) is 76.7 Å². The summed E-state index contributed by atoms with van der Waals surface area (Å²) in [4.78, 5) is 23.7. The molecule has 0 atom stereocenters. The molecule has 0 radical (unpaired) electrons. The largest absolute Gasteiger partial charge is 0.454 e. The van der Waals surface area contributed by atoms with Crippen LogP contribution in [-0.4, -0.2) is 25.2 Å². The first-order valence-electron chi connectivity index (χ1n) is 7.71. The van der Waals surface area contributed by atoms with Crippen molar-refractivity contribution in [2.24, 2.45) is 0 Å². The van der Waals surface area contributed by atoms with E-state index in [0.717, 1.165) is 5.56 Å². The zero-order chi connectivity index (χ0) is 16.8. The van der Waals surface area contributed by atoms with E-state index in [1.54, 1.807) is 18.2 Å². The second-order valence-electron chi connectivity index (χ2n) is 5.38. The van der Waals surface area contributed by atoms with Gasteiger partial charge in [-0.1, -0.05) is 30.3 Å². The van der Waals surface area contributed by atoms with Crippen molar-refractivity contribution in [3.8, 4) is 11.5 Å². The van der Waals surface area contributed by atoms with Crippen molar-refractivity contribution in [1.29, 1.82) is 0 Å². The molecule has 0 aromatic heterocycles. The third kappa shape index (κ3) is 4.25. The summed E-state index contributed by atoms with van der Waals surface area (Å²) in [7, 11) is 0. The van der Waals surface area contributed by atoms with Crippen LogP contribution in [0, 0.1) is 0 Å². The van der Waals surface area contributed by atoms with Crippen molar-refractivity contribution in [1.82, 2.24) is 5.32 Å². The molecule has 124 valence electrons. The number of nitrogens with one attached hydrogen (secondary N) is 2. The summed E-state index contributed by atoms with van der Waals surface area (Å²) in [6.07, 6.45) is 0.513. The highest BCUT2D eigenvalue weighted by Crippen LogP contribution is 2.34. The van der Waals surface area contributed by atoms with Crippen molar-refractivity contribution >= 4 is 17.5 Å². The van der Waals surface area contributed by atoms with Gasteiger partial charge in [-0.2, -0.15) is 0 Å². The summed E-state index contributed by atoms with van der Waals surface area (Å²) in [5.41, 5.74) is 1.58. The quantitative estimate of drug-likeness (QED) is 0.852. The zero-order valence-corrected chi connectivity index (χ0v) is 13.1. The monoisotopic (exact) mass is 326 g/mol. The number of carbonyl (C=O) groups excluding carboxylic acids is 2. The molecule has 24 heavy (non-hydrogen) atoms. The maximum atomic E-state index is 11.9. The number of hydrogen-bond donors (Lipinski definition) is 2. The van der Waals surface area contributed by atoms with E-state index in [-0.39, 0.29) is 25.0 Å². The lowest BCUT2D eigenvalue weighted by molar-refractivity contribution is -0.120. The van der Waals surface area contributed by atoms with Crippen LogP contribution in [-0.2, 0) is 16.0 Å². The first kappa shape index (κ1) is 15.9. The van der Waals surface area contributed by atoms with Crippen molar-refractivity contribution < 1.29 is 19.1 Å². The second kappa shape index (κ2) is 7.50. The highest BCUT2D eigenvalue weighted by Gasteiger charge is 2.14. The van der Waals surface area contributed by atoms with Crippen molar-refractivity contribution in [2.75, 3.05) is 18.7 Å². The van der Waals surface area contributed by atoms with Gasteiger partial charge < -0.3 is 20.1 Å². The number of benzene rings is 2. The third-order valence-electron chi connectivity index (χ3n) is 3.54. The number of ether oxygens (including phenoxy) is 2. The molecule has 2 N–H and O–H groups in total. The van der Waals surface area contributed by atoms with Crippen LogP contribution in [0.4, 0.5) is 5.69 Å². The minimum atomic E-state index is -0.172. The second-order valence-corrected chi connectivity index (χ2v) is 5.38. The highest BCUT2D eigenvalue weighted by molar-refractivity contribution is 5.91. The molecule has 0 fully saturated rings. The number of anilines is 1. The van der Waals surface area contributed by atoms with E-state index in [4.69, 9.17) is 9.47 Å². The number of amides is 2. The summed E-state index contributed by atoms with van der Waals surface area (Å²) in [5, 5.41) is 5.51. The van der Waals surface area contributed by atoms with E-state index in [1.165, 1.54) is 0 Å². The molecule has 2 amide bonds. The average molecular weight is 326 g/mol. The summed E-state index contributed by atoms with van der Waals surface area (Å²) in [6, 6.07) is 14.7. The molecule has 0 unspecified atom stereocenters. The molecule has 0 aliphatic carbocycles. The fourth-order valence-electron chi connectivity index (χ4n) is 2.36. The van der Waals surface area contributed by atoms with E-state index in [9.17, 15) is 9.59 Å². The van der Waals surface area contributed by atoms with Crippen LogP contribution in [0.25, 0.3) is 0 Å². The first-order chi connectivity index (χ1) is 11.7. The number of hydrogen-bond acceptors (Lipinski definition) is 4. The lowest BCUT2D eigenvalue weighted by Crippen LogP contribution is -2.28. The van der Waals surface area contributed by atoms with Gasteiger partial charge in [0.05, 0.1) is 6.42 Å². The Morgan fingerprint density at radius 3 is 2.58 bits per heavy atom. The number of fused-ring (bicyclic) bond motifs is 1. The molecule has 2 aromatic carbocycles. The summed E-state index contributed by atoms with van der Waals surface area (Å²) in [5.74, 6) is 1.01. The molecule has 6 nitrogen and oxygen atoms in total. The van der Waals surface area contributed by atoms with Gasteiger partial charge in [-0.3, -0.25) is 9.59 Å². The number of carbonyl (C=O) groups is 2. The van der Waals surface area contributed by atoms with E-state index >= 15 is 0 Å². The van der Waals surface area contributed by atoms with E-state index < -0.39 is 0 Å². The molecule has 2 aromatic rings. The lowest BCUT2D eigenvalue weighted by atomic mass is 10.1. The summed E-state index contributed by atoms with van der Waals surface area (Å²) in [6.45, 7) is 0.488. The van der Waals surface area contributed by atoms with Crippen LogP contribution in [0.15, 0.2) is 48.5 Å². The van der Waals surface area contributed by atoms with Crippen LogP contribution in [0.3, 0.4) is 0 Å². The van der Waals surface area contributed by atoms with Gasteiger partial charge in [-0.25, -0.2) is 0 Å². The van der Waals surface area contributed by atoms with E-state index in [2.05, 4.69) is 10.6 Å². The van der Waals surface area contributed by atoms with Gasteiger partial charge in [0.1, 0.15) is 0 Å². The normalized spacial score (nSPS) is 11.8. The minimum Gasteiger partial charge on any atom is -0.454 e. The van der Waals surface area contributed by atoms with Crippen molar-refractivity contribution in [3.63, 3.8) is 0 Å². The minimum absolute atomic E-state index is 0.0999. The molecule has 0 spiro atoms. The molecule has 1 aliphatic heterocycles. The molecule has 6 heteroatoms. The van der Waals surface area contributed by atoms with E-state index in [1.807, 2.05) is 30.3 Å². The van der Waals surface area contributed by atoms with Gasteiger partial charge >= 0.3 is 0 Å². The third-order valence-corrected chi connectivity index (χ3v) is 3.54. The molecular formula is C18H18N2O4. The Morgan fingerprint density at radius 2 is 1.75 bits per heavy atom. The Labute approximate surface area is 139 Å². The predicted molar refractivity (Wildman–Crippen MR) is 89.0 cm³/mol. The Hall–Kier alpha value is -3.02. The zero-order valence-electron chi connectivity index (χ0n) is 13.1. The maximum absolute atomic E-state index is 11.9. The molecule has 1 aliphatic rings. The van der Waals surface area contributed by atoms with Crippen LogP contribution in [0.1, 0.15) is 12.0 Å². The molecule has 3 rings (SSSR count). The van der Waals surface area contributed by atoms with Crippen molar-refractivity contribution in [3.05, 3.63) is 54.1 Å². The maximum Gasteiger partial charge on any atom is 0.231 e. The van der Waals surface area contributed by atoms with Crippen LogP contribution < -0.4 is 20.1 Å². The Kier molecular flexibility index (Phi) is 4.96. The predicted octanol–water partition coefficient (Wildman–Crippen LogP) is 2.10. The Morgan fingerprint density at radius 1 is 0.958 bits per heavy atom. The fraction of sp³-hybridized carbons (Fsp3) is 0.222. The summed E-state index contributed by atoms with van der Waals surface area (Å²) >= 11 is 0. The van der Waals surface area contributed by atoms with Crippen LogP contribution >= 0.6 is 0 Å². The van der Waals surface area contributed by atoms with Crippen LogP contribution in [0.5, 0.6) is 11.5 Å². The molecule has 0 bridgehead atoms. The SMILES string of the molecule is O=C(Cc1ccccc1)NCCC(=O)Nc1ccc2c(c1)OCO2. The first-order valence-corrected chi connectivity index (χ1v) is 7.71. The Balaban J connectivity index is 1.40.